The zero-order chi connectivity index (χ0) is 19.8. The molecule has 4 fully saturated rings. The molecule has 5 rings (SSSR count). The normalized spacial score (nSPS) is 29.9. The third-order valence-electron chi connectivity index (χ3n) is 6.68. The summed E-state index contributed by atoms with van der Waals surface area (Å²) in [4.78, 5) is 12.7. The van der Waals surface area contributed by atoms with Crippen LogP contribution in [0.4, 0.5) is 0 Å². The lowest BCUT2D eigenvalue weighted by atomic mass is 9.54. The number of amides is 1. The quantitative estimate of drug-likeness (QED) is 0.735. The summed E-state index contributed by atoms with van der Waals surface area (Å²) in [6, 6.07) is 3.64. The molecule has 4 aliphatic rings. The molecule has 0 atom stereocenters. The van der Waals surface area contributed by atoms with Crippen molar-refractivity contribution in [2.45, 2.75) is 38.1 Å². The summed E-state index contributed by atoms with van der Waals surface area (Å²) in [5.74, 6) is 4.22. The number of ether oxygens (including phenoxy) is 3. The van der Waals surface area contributed by atoms with Crippen LogP contribution < -0.4 is 24.8 Å². The van der Waals surface area contributed by atoms with E-state index >= 15 is 0 Å². The standard InChI is InChI=1S/C21H28N2O4S/c1-25-16-9-15(10-17(26-2)19(16)27-3)20(24)23-21(28)22-18-13-5-11-4-12(7-13)8-14(18)6-11/h9-14,18H,4-8H2,1-3H3,(H2,22,23,24,28). The highest BCUT2D eigenvalue weighted by Gasteiger charge is 2.48. The fourth-order valence-electron chi connectivity index (χ4n) is 5.74. The maximum Gasteiger partial charge on any atom is 0.257 e. The molecule has 0 aromatic heterocycles. The summed E-state index contributed by atoms with van der Waals surface area (Å²) in [6.07, 6.45) is 6.62. The molecule has 0 saturated heterocycles. The molecule has 2 N–H and O–H groups in total. The topological polar surface area (TPSA) is 68.8 Å². The van der Waals surface area contributed by atoms with Gasteiger partial charge < -0.3 is 19.5 Å². The van der Waals surface area contributed by atoms with Gasteiger partial charge >= 0.3 is 0 Å². The third kappa shape index (κ3) is 3.52. The van der Waals surface area contributed by atoms with Crippen molar-refractivity contribution in [3.05, 3.63) is 17.7 Å². The van der Waals surface area contributed by atoms with Crippen LogP contribution in [0.5, 0.6) is 17.2 Å². The number of hydrogen-bond donors (Lipinski definition) is 2. The number of benzene rings is 1. The molecule has 0 heterocycles. The van der Waals surface area contributed by atoms with Crippen LogP contribution in [0, 0.1) is 23.7 Å². The highest BCUT2D eigenvalue weighted by Crippen LogP contribution is 2.53. The monoisotopic (exact) mass is 404 g/mol. The van der Waals surface area contributed by atoms with E-state index in [1.807, 2.05) is 0 Å². The van der Waals surface area contributed by atoms with Gasteiger partial charge in [-0.25, -0.2) is 0 Å². The van der Waals surface area contributed by atoms with Gasteiger partial charge in [0.05, 0.1) is 21.3 Å². The Bertz CT molecular complexity index is 729. The molecule has 1 aromatic rings. The Kier molecular flexibility index (Phi) is 5.36. The minimum atomic E-state index is -0.291. The highest BCUT2D eigenvalue weighted by atomic mass is 32.1. The fourth-order valence-corrected chi connectivity index (χ4v) is 5.96. The van der Waals surface area contributed by atoms with Crippen molar-refractivity contribution in [2.75, 3.05) is 21.3 Å². The van der Waals surface area contributed by atoms with Crippen LogP contribution in [-0.4, -0.2) is 38.4 Å². The first kappa shape index (κ1) is 19.3. The molecular weight excluding hydrogens is 376 g/mol. The van der Waals surface area contributed by atoms with E-state index in [9.17, 15) is 4.79 Å². The second-order valence-electron chi connectivity index (χ2n) is 8.30. The van der Waals surface area contributed by atoms with Crippen LogP contribution in [0.25, 0.3) is 0 Å². The van der Waals surface area contributed by atoms with E-state index in [0.717, 1.165) is 11.8 Å². The van der Waals surface area contributed by atoms with Gasteiger partial charge in [-0.1, -0.05) is 0 Å². The van der Waals surface area contributed by atoms with E-state index in [4.69, 9.17) is 26.4 Å². The summed E-state index contributed by atoms with van der Waals surface area (Å²) in [6.45, 7) is 0. The molecule has 7 heteroatoms. The second kappa shape index (κ2) is 7.78. The average Bonchev–Trinajstić information content (AvgIpc) is 2.68. The Morgan fingerprint density at radius 2 is 1.46 bits per heavy atom. The largest absolute Gasteiger partial charge is 0.493 e. The molecule has 152 valence electrons. The maximum absolute atomic E-state index is 12.7. The van der Waals surface area contributed by atoms with Gasteiger partial charge in [-0.05, 0) is 80.1 Å². The number of carbonyl (C=O) groups is 1. The molecular formula is C21H28N2O4S. The lowest BCUT2D eigenvalue weighted by Gasteiger charge is -2.54. The van der Waals surface area contributed by atoms with Gasteiger partial charge in [-0.2, -0.15) is 0 Å². The number of methoxy groups -OCH3 is 3. The zero-order valence-corrected chi connectivity index (χ0v) is 17.4. The molecule has 1 aromatic carbocycles. The number of rotatable bonds is 5. The second-order valence-corrected chi connectivity index (χ2v) is 8.71. The minimum Gasteiger partial charge on any atom is -0.493 e. The van der Waals surface area contributed by atoms with E-state index in [2.05, 4.69) is 10.6 Å². The van der Waals surface area contributed by atoms with Crippen LogP contribution in [0.2, 0.25) is 0 Å². The van der Waals surface area contributed by atoms with Gasteiger partial charge in [0.2, 0.25) is 5.75 Å². The Morgan fingerprint density at radius 1 is 0.929 bits per heavy atom. The van der Waals surface area contributed by atoms with E-state index in [1.165, 1.54) is 53.4 Å². The summed E-state index contributed by atoms with van der Waals surface area (Å²) in [5, 5.41) is 6.68. The van der Waals surface area contributed by atoms with Gasteiger partial charge in [0.1, 0.15) is 0 Å². The molecule has 28 heavy (non-hydrogen) atoms. The van der Waals surface area contributed by atoms with Gasteiger partial charge in [0.25, 0.3) is 5.91 Å². The third-order valence-corrected chi connectivity index (χ3v) is 6.90. The lowest BCUT2D eigenvalue weighted by Crippen LogP contribution is -2.57. The van der Waals surface area contributed by atoms with Crippen LogP contribution in [-0.2, 0) is 0 Å². The smallest absolute Gasteiger partial charge is 0.257 e. The van der Waals surface area contributed by atoms with Crippen molar-refractivity contribution in [3.63, 3.8) is 0 Å². The molecule has 0 unspecified atom stereocenters. The highest BCUT2D eigenvalue weighted by molar-refractivity contribution is 7.80. The first-order valence-electron chi connectivity index (χ1n) is 9.94. The minimum absolute atomic E-state index is 0.291. The molecule has 6 nitrogen and oxygen atoms in total. The summed E-state index contributed by atoms with van der Waals surface area (Å²) in [7, 11) is 4.58. The van der Waals surface area contributed by atoms with Crippen LogP contribution >= 0.6 is 12.2 Å². The summed E-state index contributed by atoms with van der Waals surface area (Å²) in [5.41, 5.74) is 0.406. The Balaban J connectivity index is 1.43. The van der Waals surface area contributed by atoms with E-state index in [1.54, 1.807) is 12.1 Å². The molecule has 0 radical (unpaired) electrons. The van der Waals surface area contributed by atoms with Gasteiger partial charge in [0.15, 0.2) is 16.6 Å². The zero-order valence-electron chi connectivity index (χ0n) is 16.6. The van der Waals surface area contributed by atoms with Crippen LogP contribution in [0.15, 0.2) is 12.1 Å². The number of thiocarbonyl (C=S) groups is 1. The predicted molar refractivity (Wildman–Crippen MR) is 110 cm³/mol. The first-order chi connectivity index (χ1) is 13.5. The van der Waals surface area contributed by atoms with Crippen molar-refractivity contribution in [2.24, 2.45) is 23.7 Å². The lowest BCUT2D eigenvalue weighted by molar-refractivity contribution is -0.00692. The molecule has 4 aliphatic carbocycles. The SMILES string of the molecule is COc1cc(C(=O)NC(=S)NC2C3CC4CC(C3)CC2C4)cc(OC)c1OC. The van der Waals surface area contributed by atoms with Crippen molar-refractivity contribution in [1.82, 2.24) is 10.6 Å². The number of hydrogen-bond acceptors (Lipinski definition) is 5. The fraction of sp³-hybridized carbons (Fsp3) is 0.619. The van der Waals surface area contributed by atoms with Crippen molar-refractivity contribution in [3.8, 4) is 17.2 Å². The van der Waals surface area contributed by atoms with Gasteiger partial charge in [-0.15, -0.1) is 0 Å². The summed E-state index contributed by atoms with van der Waals surface area (Å²) >= 11 is 5.47. The van der Waals surface area contributed by atoms with Crippen molar-refractivity contribution in [1.29, 1.82) is 0 Å². The average molecular weight is 405 g/mol. The predicted octanol–water partition coefficient (Wildman–Crippen LogP) is 3.14. The van der Waals surface area contributed by atoms with Crippen LogP contribution in [0.3, 0.4) is 0 Å². The Labute approximate surface area is 171 Å². The van der Waals surface area contributed by atoms with Crippen molar-refractivity contribution >= 4 is 23.2 Å². The molecule has 0 aliphatic heterocycles. The maximum atomic E-state index is 12.7. The van der Waals surface area contributed by atoms with Gasteiger partial charge in [-0.3, -0.25) is 10.1 Å². The first-order valence-corrected chi connectivity index (χ1v) is 10.3. The number of nitrogens with one attached hydrogen (secondary N) is 2. The van der Waals surface area contributed by atoms with E-state index in [-0.39, 0.29) is 5.91 Å². The Morgan fingerprint density at radius 3 is 1.93 bits per heavy atom. The van der Waals surface area contributed by atoms with Gasteiger partial charge in [0, 0.05) is 11.6 Å². The summed E-state index contributed by atoms with van der Waals surface area (Å²) < 4.78 is 16.0. The molecule has 4 saturated carbocycles. The van der Waals surface area contributed by atoms with E-state index < -0.39 is 0 Å². The molecule has 1 amide bonds. The van der Waals surface area contributed by atoms with Crippen LogP contribution in [0.1, 0.15) is 42.5 Å². The van der Waals surface area contributed by atoms with Crippen molar-refractivity contribution < 1.29 is 19.0 Å². The van der Waals surface area contributed by atoms with E-state index in [0.29, 0.717) is 45.8 Å². The number of carbonyl (C=O) groups excluding carboxylic acids is 1. The molecule has 0 spiro atoms. The molecule has 4 bridgehead atoms. The Hall–Kier alpha value is -2.02.